The Kier molecular flexibility index (Phi) is 5.26. The lowest BCUT2D eigenvalue weighted by Crippen LogP contribution is -2.49. The summed E-state index contributed by atoms with van der Waals surface area (Å²) in [5.41, 5.74) is 3.82. The number of fused-ring (bicyclic) bond motifs is 2. The van der Waals surface area contributed by atoms with Crippen LogP contribution in [0.25, 0.3) is 27.1 Å². The average molecular weight is 506 g/mol. The molecule has 1 amide bonds. The second kappa shape index (κ2) is 8.16. The van der Waals surface area contributed by atoms with Gasteiger partial charge in [-0.25, -0.2) is 14.3 Å². The minimum atomic E-state index is -0.473. The Bertz CT molecular complexity index is 1480. The lowest BCUT2D eigenvalue weighted by molar-refractivity contribution is 0.00385. The number of imidazole rings is 1. The summed E-state index contributed by atoms with van der Waals surface area (Å²) in [4.78, 5) is 25.4. The van der Waals surface area contributed by atoms with Crippen LogP contribution in [0, 0.1) is 6.92 Å². The van der Waals surface area contributed by atoms with E-state index in [1.165, 1.54) is 4.88 Å². The number of piperidine rings is 1. The fourth-order valence-electron chi connectivity index (χ4n) is 5.29. The van der Waals surface area contributed by atoms with Gasteiger partial charge in [-0.15, -0.1) is 11.3 Å². The van der Waals surface area contributed by atoms with Crippen LogP contribution < -0.4 is 4.74 Å². The topological polar surface area (TPSA) is 81.8 Å². The van der Waals surface area contributed by atoms with Crippen LogP contribution in [-0.4, -0.2) is 55.4 Å². The molecule has 6 rings (SSSR count). The van der Waals surface area contributed by atoms with Gasteiger partial charge in [0.2, 0.25) is 0 Å². The third-order valence-electron chi connectivity index (χ3n) is 7.16. The molecular weight excluding hydrogens is 474 g/mol. The Morgan fingerprint density at radius 1 is 1.22 bits per heavy atom. The molecule has 1 aliphatic heterocycles. The van der Waals surface area contributed by atoms with Crippen LogP contribution in [0.1, 0.15) is 62.9 Å². The van der Waals surface area contributed by atoms with Crippen molar-refractivity contribution in [3.05, 3.63) is 41.2 Å². The van der Waals surface area contributed by atoms with Gasteiger partial charge in [-0.1, -0.05) is 0 Å². The van der Waals surface area contributed by atoms with Crippen LogP contribution in [-0.2, 0) is 4.74 Å². The largest absolute Gasteiger partial charge is 0.493 e. The van der Waals surface area contributed by atoms with Gasteiger partial charge in [0, 0.05) is 34.8 Å². The molecule has 188 valence electrons. The summed E-state index contributed by atoms with van der Waals surface area (Å²) in [6.45, 7) is 8.46. The number of likely N-dealkylation sites (tertiary alicyclic amines) is 1. The van der Waals surface area contributed by atoms with Crippen molar-refractivity contribution in [2.75, 3.05) is 13.7 Å². The predicted molar refractivity (Wildman–Crippen MR) is 140 cm³/mol. The molecule has 4 aromatic rings. The first kappa shape index (κ1) is 23.2. The van der Waals surface area contributed by atoms with E-state index in [0.717, 1.165) is 59.4 Å². The van der Waals surface area contributed by atoms with Gasteiger partial charge >= 0.3 is 6.09 Å². The molecule has 0 N–H and O–H groups in total. The van der Waals surface area contributed by atoms with Crippen molar-refractivity contribution >= 4 is 33.3 Å². The van der Waals surface area contributed by atoms with Gasteiger partial charge < -0.3 is 14.4 Å². The Hall–Kier alpha value is -3.20. The van der Waals surface area contributed by atoms with Gasteiger partial charge in [-0.3, -0.25) is 4.98 Å². The molecule has 1 saturated carbocycles. The summed E-state index contributed by atoms with van der Waals surface area (Å²) in [7, 11) is 1.65. The van der Waals surface area contributed by atoms with Crippen molar-refractivity contribution in [3.63, 3.8) is 0 Å². The summed E-state index contributed by atoms with van der Waals surface area (Å²) in [6, 6.07) is 6.31. The first-order valence-corrected chi connectivity index (χ1v) is 13.3. The number of hydrogen-bond acceptors (Lipinski definition) is 7. The first-order valence-electron chi connectivity index (χ1n) is 12.5. The minimum Gasteiger partial charge on any atom is -0.493 e. The van der Waals surface area contributed by atoms with Crippen molar-refractivity contribution in [1.29, 1.82) is 0 Å². The SMILES string of the molecule is COc1cc(-c2cnc3cc(C4CCN(C(=O)OC(C)(C)C)C5(CC5)C4)sc3c2)nn2cc(C)nc12. The molecule has 36 heavy (non-hydrogen) atoms. The Morgan fingerprint density at radius 2 is 2.03 bits per heavy atom. The van der Waals surface area contributed by atoms with Crippen molar-refractivity contribution in [2.24, 2.45) is 0 Å². The van der Waals surface area contributed by atoms with Crippen LogP contribution >= 0.6 is 11.3 Å². The maximum atomic E-state index is 12.8. The lowest BCUT2D eigenvalue weighted by Gasteiger charge is -2.40. The number of aromatic nitrogens is 4. The van der Waals surface area contributed by atoms with E-state index in [0.29, 0.717) is 17.3 Å². The van der Waals surface area contributed by atoms with Crippen molar-refractivity contribution in [2.45, 2.75) is 70.4 Å². The molecule has 2 aliphatic rings. The maximum Gasteiger partial charge on any atom is 0.410 e. The van der Waals surface area contributed by atoms with E-state index in [9.17, 15) is 4.79 Å². The number of hydrogen-bond donors (Lipinski definition) is 0. The molecule has 1 saturated heterocycles. The van der Waals surface area contributed by atoms with Gasteiger partial charge in [0.1, 0.15) is 5.60 Å². The van der Waals surface area contributed by atoms with Crippen LogP contribution in [0.2, 0.25) is 0 Å². The first-order chi connectivity index (χ1) is 17.1. The monoisotopic (exact) mass is 505 g/mol. The zero-order valence-corrected chi connectivity index (χ0v) is 22.2. The third-order valence-corrected chi connectivity index (χ3v) is 8.39. The average Bonchev–Trinajstić information content (AvgIpc) is 3.26. The molecule has 1 aliphatic carbocycles. The van der Waals surface area contributed by atoms with Gasteiger partial charge in [0.15, 0.2) is 11.4 Å². The Labute approximate surface area is 214 Å². The molecule has 0 radical (unpaired) electrons. The number of carbonyl (C=O) groups excluding carboxylic acids is 1. The van der Waals surface area contributed by atoms with E-state index in [1.807, 2.05) is 51.1 Å². The normalized spacial score (nSPS) is 19.2. The van der Waals surface area contributed by atoms with E-state index in [1.54, 1.807) is 23.0 Å². The number of ether oxygens (including phenoxy) is 2. The summed E-state index contributed by atoms with van der Waals surface area (Å²) in [6.07, 6.45) is 7.64. The summed E-state index contributed by atoms with van der Waals surface area (Å²) in [5, 5.41) is 4.75. The molecule has 8 nitrogen and oxygen atoms in total. The molecule has 0 aromatic carbocycles. The molecule has 1 spiro atoms. The number of thiophene rings is 1. The highest BCUT2D eigenvalue weighted by Gasteiger charge is 2.54. The molecular formula is C27H31N5O3S. The van der Waals surface area contributed by atoms with Crippen LogP contribution in [0.4, 0.5) is 4.79 Å². The molecule has 1 atom stereocenters. The number of amides is 1. The maximum absolute atomic E-state index is 12.8. The van der Waals surface area contributed by atoms with Gasteiger partial charge in [0.05, 0.1) is 34.9 Å². The van der Waals surface area contributed by atoms with Crippen LogP contribution in [0.3, 0.4) is 0 Å². The van der Waals surface area contributed by atoms with Gasteiger partial charge in [-0.2, -0.15) is 5.10 Å². The Balaban J connectivity index is 1.26. The number of rotatable bonds is 3. The molecule has 5 heterocycles. The smallest absolute Gasteiger partial charge is 0.410 e. The Morgan fingerprint density at radius 3 is 2.75 bits per heavy atom. The molecule has 1 unspecified atom stereocenters. The highest BCUT2D eigenvalue weighted by molar-refractivity contribution is 7.19. The molecule has 2 fully saturated rings. The second-order valence-electron chi connectivity index (χ2n) is 11.1. The van der Waals surface area contributed by atoms with E-state index >= 15 is 0 Å². The fraction of sp³-hybridized carbons (Fsp3) is 0.481. The van der Waals surface area contributed by atoms with Crippen LogP contribution in [0.5, 0.6) is 5.75 Å². The second-order valence-corrected chi connectivity index (χ2v) is 12.2. The number of aryl methyl sites for hydroxylation is 1. The van der Waals surface area contributed by atoms with Crippen LogP contribution in [0.15, 0.2) is 30.6 Å². The summed E-state index contributed by atoms with van der Waals surface area (Å²) >= 11 is 1.80. The zero-order chi connectivity index (χ0) is 25.2. The number of methoxy groups -OCH3 is 1. The fourth-order valence-corrected chi connectivity index (χ4v) is 6.48. The molecule has 9 heteroatoms. The van der Waals surface area contributed by atoms with E-state index in [-0.39, 0.29) is 11.6 Å². The van der Waals surface area contributed by atoms with Crippen molar-refractivity contribution in [1.82, 2.24) is 24.5 Å². The van der Waals surface area contributed by atoms with E-state index < -0.39 is 5.60 Å². The number of pyridine rings is 1. The third kappa shape index (κ3) is 4.09. The quantitative estimate of drug-likeness (QED) is 0.341. The van der Waals surface area contributed by atoms with E-state index in [4.69, 9.17) is 19.6 Å². The van der Waals surface area contributed by atoms with E-state index in [2.05, 4.69) is 17.1 Å². The number of nitrogens with zero attached hydrogens (tertiary/aromatic N) is 5. The van der Waals surface area contributed by atoms with Gasteiger partial charge in [-0.05, 0) is 71.4 Å². The van der Waals surface area contributed by atoms with Crippen molar-refractivity contribution < 1.29 is 14.3 Å². The lowest BCUT2D eigenvalue weighted by atomic mass is 9.88. The molecule has 4 aromatic heterocycles. The summed E-state index contributed by atoms with van der Waals surface area (Å²) < 4.78 is 14.2. The zero-order valence-electron chi connectivity index (χ0n) is 21.4. The van der Waals surface area contributed by atoms with Gasteiger partial charge in [0.25, 0.3) is 0 Å². The standard InChI is InChI=1S/C27H31N5O3S/c1-16-15-32-24(29-16)21(34-5)11-19(30-32)18-10-23-20(28-14-18)12-22(36-23)17-6-9-31(27(13-17)7-8-27)25(33)35-26(2,3)4/h10-12,14-15,17H,6-9,13H2,1-5H3. The highest BCUT2D eigenvalue weighted by atomic mass is 32.1. The predicted octanol–water partition coefficient (Wildman–Crippen LogP) is 5.97. The summed E-state index contributed by atoms with van der Waals surface area (Å²) in [5.74, 6) is 1.11. The minimum absolute atomic E-state index is 0.0428. The highest BCUT2D eigenvalue weighted by Crippen LogP contribution is 2.53. The van der Waals surface area contributed by atoms with Crippen molar-refractivity contribution in [3.8, 4) is 17.0 Å². The molecule has 0 bridgehead atoms. The number of carbonyl (C=O) groups is 1.